The van der Waals surface area contributed by atoms with Crippen molar-refractivity contribution in [3.63, 3.8) is 0 Å². The number of halogens is 6. The van der Waals surface area contributed by atoms with Gasteiger partial charge in [-0.1, -0.05) is 83.3 Å². The second-order valence-corrected chi connectivity index (χ2v) is 24.7. The van der Waals surface area contributed by atoms with E-state index in [9.17, 15) is 46.7 Å². The van der Waals surface area contributed by atoms with Gasteiger partial charge in [0.15, 0.2) is 5.78 Å². The number of carboxylic acids is 3. The second kappa shape index (κ2) is 30.5. The fourth-order valence-electron chi connectivity index (χ4n) is 10.9. The molecular weight excluding hydrogens is 1350 g/mol. The van der Waals surface area contributed by atoms with Crippen molar-refractivity contribution in [1.29, 1.82) is 0 Å². The van der Waals surface area contributed by atoms with Gasteiger partial charge < -0.3 is 55.4 Å². The molecule has 99 heavy (non-hydrogen) atoms. The first kappa shape index (κ1) is 69.2. The smallest absolute Gasteiger partial charge is 0.337 e. The summed E-state index contributed by atoms with van der Waals surface area (Å²) in [6.45, 7) is 2.96. The number of nitrogens with one attached hydrogen (secondary N) is 3. The third-order valence-corrected chi connectivity index (χ3v) is 17.0. The van der Waals surface area contributed by atoms with Crippen molar-refractivity contribution >= 4 is 93.7 Å². The number of anilines is 3. The van der Waals surface area contributed by atoms with Gasteiger partial charge in [-0.05, 0) is 115 Å². The van der Waals surface area contributed by atoms with E-state index in [0.717, 1.165) is 24.0 Å². The Kier molecular flexibility index (Phi) is 21.3. The van der Waals surface area contributed by atoms with Gasteiger partial charge in [-0.15, -0.1) is 0 Å². The van der Waals surface area contributed by atoms with Gasteiger partial charge in [0.05, 0.1) is 98.3 Å². The number of carbonyl (C=O) groups is 7. The molecule has 506 valence electrons. The van der Waals surface area contributed by atoms with E-state index in [1.165, 1.54) is 110 Å². The minimum absolute atomic E-state index is 0.0641. The Balaban J connectivity index is 0.000000150. The second-order valence-electron chi connectivity index (χ2n) is 23.4. The molecule has 4 aliphatic rings. The molecule has 3 saturated heterocycles. The Hall–Kier alpha value is -11.2. The van der Waals surface area contributed by atoms with E-state index in [1.807, 2.05) is 14.7 Å². The van der Waals surface area contributed by atoms with Crippen LogP contribution in [0.4, 0.5) is 30.6 Å². The number of hydrogen-bond acceptors (Lipinski definition) is 16. The van der Waals surface area contributed by atoms with Gasteiger partial charge in [0.2, 0.25) is 0 Å². The summed E-state index contributed by atoms with van der Waals surface area (Å²) in [6.07, 6.45) is 6.74. The molecule has 1 aliphatic carbocycles. The standard InChI is InChI=1S/C26H21ClFN3O4.C23H19ClFN3O4.C22H18ClFN4O4/c27-19-11-21(24(33)30-26(8-9-26)18-6-4-15(5-7-18)25(34)35)23(29-12-19)31-13-17(14-31)22(32)16-2-1-3-20(28)10-16;24-16-8-20(22(29)27-10-14-4-6-15(7-5-14)23(30)31)21(26-11-16)28-12-19(13-28)32-18-3-1-2-17(25)9-18;23-14-6-19(21(29)27-10-16-5-4-13(8-25-16)22(30)31)20(26-9-14)28-11-18(12-28)32-17-3-1-2-15(24)7-17/h1-7,10-12,17H,8-9,13-14H2,(H,30,33)(H,34,35);1-9,11,19H,10,12-13H2,(H,27,29)(H,30,31);1-9,18H,10-12H2,(H,27,29)(H,30,31). The number of aromatic carboxylic acids is 3. The van der Waals surface area contributed by atoms with Gasteiger partial charge in [0.25, 0.3) is 17.7 Å². The predicted molar refractivity (Wildman–Crippen MR) is 359 cm³/mol. The number of Topliss-reactive ketones (excluding diaryl/α,β-unsaturated/α-hetero) is 1. The average molecular weight is 1410 g/mol. The Bertz CT molecular complexity index is 4360. The number of benzene rings is 5. The van der Waals surface area contributed by atoms with Crippen molar-refractivity contribution in [3.8, 4) is 11.5 Å². The average Bonchev–Trinajstić information content (AvgIpc) is 1.69. The highest BCUT2D eigenvalue weighted by atomic mass is 35.5. The molecule has 7 heterocycles. The molecule has 0 bridgehead atoms. The van der Waals surface area contributed by atoms with Crippen LogP contribution in [0.1, 0.15) is 102 Å². The number of ether oxygens (including phenoxy) is 2. The molecule has 0 spiro atoms. The number of hydrogen-bond donors (Lipinski definition) is 6. The van der Waals surface area contributed by atoms with E-state index in [2.05, 4.69) is 35.9 Å². The molecule has 4 aromatic heterocycles. The van der Waals surface area contributed by atoms with Crippen LogP contribution in [0.3, 0.4) is 0 Å². The Morgan fingerprint density at radius 2 is 0.889 bits per heavy atom. The van der Waals surface area contributed by atoms with Crippen molar-refractivity contribution in [2.45, 2.75) is 43.7 Å². The number of nitrogens with zero attached hydrogens (tertiary/aromatic N) is 7. The first-order valence-electron chi connectivity index (χ1n) is 30.6. The van der Waals surface area contributed by atoms with Crippen LogP contribution < -0.4 is 40.1 Å². The summed E-state index contributed by atoms with van der Waals surface area (Å²) in [5.41, 5.74) is 3.17. The number of pyridine rings is 4. The third kappa shape index (κ3) is 17.3. The molecule has 0 unspecified atom stereocenters. The van der Waals surface area contributed by atoms with Crippen LogP contribution in [0.2, 0.25) is 15.1 Å². The van der Waals surface area contributed by atoms with E-state index in [1.54, 1.807) is 66.7 Å². The number of rotatable bonds is 21. The minimum Gasteiger partial charge on any atom is -0.487 e. The lowest BCUT2D eigenvalue weighted by molar-refractivity contribution is 0.0685. The highest BCUT2D eigenvalue weighted by Crippen LogP contribution is 2.46. The van der Waals surface area contributed by atoms with Crippen molar-refractivity contribution in [1.82, 2.24) is 35.9 Å². The molecule has 6 N–H and O–H groups in total. The van der Waals surface area contributed by atoms with Crippen LogP contribution in [0.15, 0.2) is 176 Å². The third-order valence-electron chi connectivity index (χ3n) is 16.3. The van der Waals surface area contributed by atoms with E-state index in [4.69, 9.17) is 59.6 Å². The van der Waals surface area contributed by atoms with Gasteiger partial charge in [-0.3, -0.25) is 24.2 Å². The van der Waals surface area contributed by atoms with Crippen molar-refractivity contribution < 1.29 is 71.5 Å². The molecule has 1 saturated carbocycles. The van der Waals surface area contributed by atoms with E-state index in [0.29, 0.717) is 111 Å². The fraction of sp³-hybridized carbons (Fsp3) is 0.197. The van der Waals surface area contributed by atoms with Crippen LogP contribution in [-0.4, -0.2) is 128 Å². The summed E-state index contributed by atoms with van der Waals surface area (Å²) < 4.78 is 51.7. The highest BCUT2D eigenvalue weighted by Gasteiger charge is 2.47. The van der Waals surface area contributed by atoms with Crippen LogP contribution in [0.5, 0.6) is 11.5 Å². The Morgan fingerprint density at radius 3 is 1.32 bits per heavy atom. The molecule has 0 radical (unpaired) electrons. The number of aromatic nitrogens is 4. The summed E-state index contributed by atoms with van der Waals surface area (Å²) in [4.78, 5) is 107. The zero-order chi connectivity index (χ0) is 70.1. The summed E-state index contributed by atoms with van der Waals surface area (Å²) in [7, 11) is 0. The fourth-order valence-corrected chi connectivity index (χ4v) is 11.4. The maximum Gasteiger partial charge on any atom is 0.337 e. The molecule has 28 heteroatoms. The van der Waals surface area contributed by atoms with Crippen molar-refractivity contribution in [2.75, 3.05) is 54.0 Å². The zero-order valence-corrected chi connectivity index (χ0v) is 54.2. The molecule has 3 aliphatic heterocycles. The zero-order valence-electron chi connectivity index (χ0n) is 52.0. The number of carbonyl (C=O) groups excluding carboxylic acids is 4. The molecule has 0 atom stereocenters. The number of carboxylic acid groups (broad SMARTS) is 3. The molecule has 5 aromatic carbocycles. The lowest BCUT2D eigenvalue weighted by Gasteiger charge is -2.40. The van der Waals surface area contributed by atoms with Crippen LogP contribution >= 0.6 is 34.8 Å². The summed E-state index contributed by atoms with van der Waals surface area (Å²) >= 11 is 18.3. The van der Waals surface area contributed by atoms with Gasteiger partial charge >= 0.3 is 17.9 Å². The Labute approximate surface area is 577 Å². The lowest BCUT2D eigenvalue weighted by atomic mass is 9.90. The minimum atomic E-state index is -1.07. The monoisotopic (exact) mass is 1400 g/mol. The molecule has 9 aromatic rings. The molecule has 22 nitrogen and oxygen atoms in total. The van der Waals surface area contributed by atoms with Crippen LogP contribution in [0.25, 0.3) is 0 Å². The topological polar surface area (TPSA) is 296 Å². The maximum atomic E-state index is 13.5. The molecule has 3 amide bonds. The quantitative estimate of drug-likeness (QED) is 0.0364. The van der Waals surface area contributed by atoms with E-state index < -0.39 is 35.2 Å². The lowest BCUT2D eigenvalue weighted by Crippen LogP contribution is -2.54. The maximum absolute atomic E-state index is 13.5. The molecule has 4 fully saturated rings. The molecular formula is C71H58Cl3F3N10O12. The summed E-state index contributed by atoms with van der Waals surface area (Å²) in [5.74, 6) is -3.62. The van der Waals surface area contributed by atoms with Gasteiger partial charge in [-0.25, -0.2) is 42.5 Å². The highest BCUT2D eigenvalue weighted by molar-refractivity contribution is 6.31. The van der Waals surface area contributed by atoms with Crippen LogP contribution in [0, 0.1) is 23.4 Å². The SMILES string of the molecule is O=C(O)c1ccc(C2(NC(=O)c3cc(Cl)cnc3N3CC(C(=O)c4cccc(F)c4)C3)CC2)cc1.O=C(O)c1ccc(CNC(=O)c2cc(Cl)cnc2N2CC(Oc3cccc(F)c3)C2)cc1.O=C(O)c1ccc(CNC(=O)c2cc(Cl)cnc2N2CC(Oc3cccc(F)c3)C2)nc1. The van der Waals surface area contributed by atoms with Crippen LogP contribution in [-0.2, 0) is 18.6 Å². The first-order valence-corrected chi connectivity index (χ1v) is 31.8. The van der Waals surface area contributed by atoms with Gasteiger partial charge in [0.1, 0.15) is 58.6 Å². The Morgan fingerprint density at radius 1 is 0.465 bits per heavy atom. The van der Waals surface area contributed by atoms with Crippen molar-refractivity contribution in [2.24, 2.45) is 5.92 Å². The van der Waals surface area contributed by atoms with E-state index >= 15 is 0 Å². The summed E-state index contributed by atoms with van der Waals surface area (Å²) in [5, 5.41) is 36.6. The summed E-state index contributed by atoms with van der Waals surface area (Å²) in [6, 6.07) is 37.8. The first-order chi connectivity index (χ1) is 47.5. The van der Waals surface area contributed by atoms with E-state index in [-0.39, 0.29) is 77.1 Å². The van der Waals surface area contributed by atoms with Gasteiger partial charge in [-0.2, -0.15) is 0 Å². The number of amides is 3. The largest absolute Gasteiger partial charge is 0.487 e. The van der Waals surface area contributed by atoms with Crippen molar-refractivity contribution in [3.05, 3.63) is 265 Å². The molecule has 13 rings (SSSR count). The van der Waals surface area contributed by atoms with Gasteiger partial charge in [0, 0.05) is 62.1 Å². The predicted octanol–water partition coefficient (Wildman–Crippen LogP) is 11.2. The number of ketones is 1. The normalized spacial score (nSPS) is 14.4.